The number of hydrogen-bond acceptors (Lipinski definition) is 5. The fourth-order valence-electron chi connectivity index (χ4n) is 3.26. The van der Waals surface area contributed by atoms with Gasteiger partial charge in [0, 0.05) is 31.9 Å². The van der Waals surface area contributed by atoms with Crippen molar-refractivity contribution in [1.29, 1.82) is 0 Å². The van der Waals surface area contributed by atoms with Gasteiger partial charge in [-0.05, 0) is 23.3 Å². The van der Waals surface area contributed by atoms with Crippen molar-refractivity contribution in [1.82, 2.24) is 9.80 Å². The molecule has 0 atom stereocenters. The molecule has 5 nitrogen and oxygen atoms in total. The predicted octanol–water partition coefficient (Wildman–Crippen LogP) is 3.44. The minimum Gasteiger partial charge on any atom is -0.346 e. The van der Waals surface area contributed by atoms with E-state index in [4.69, 9.17) is 0 Å². The Kier molecular flexibility index (Phi) is 7.28. The molecule has 1 fully saturated rings. The number of benzene rings is 2. The highest BCUT2D eigenvalue weighted by molar-refractivity contribution is 8.14. The van der Waals surface area contributed by atoms with E-state index in [-0.39, 0.29) is 24.1 Å². The molecule has 1 saturated heterocycles. The normalized spacial score (nSPS) is 16.6. The molecule has 2 aromatic carbocycles. The Morgan fingerprint density at radius 1 is 0.966 bits per heavy atom. The monoisotopic (exact) mass is 432 g/mol. The first-order chi connectivity index (χ1) is 13.7. The van der Waals surface area contributed by atoms with Crippen LogP contribution >= 0.6 is 24.2 Å². The summed E-state index contributed by atoms with van der Waals surface area (Å²) in [5.41, 5.74) is 2.93. The standard InChI is InChI=1S/C21H21FN4OS.ClH/c22-18-8-6-16(7-9-18)14-20(27)25-10-12-26(13-11-25)21-24-23-19(15-28-21)17-4-2-1-3-5-17;/h1-9H,10-15H2;1H. The molecule has 0 bridgehead atoms. The molecule has 152 valence electrons. The molecule has 0 unspecified atom stereocenters. The Morgan fingerprint density at radius 2 is 1.66 bits per heavy atom. The van der Waals surface area contributed by atoms with Crippen LogP contribution in [0.3, 0.4) is 0 Å². The van der Waals surface area contributed by atoms with E-state index in [1.165, 1.54) is 12.1 Å². The van der Waals surface area contributed by atoms with E-state index in [1.54, 1.807) is 23.9 Å². The van der Waals surface area contributed by atoms with Crippen molar-refractivity contribution in [3.8, 4) is 0 Å². The molecule has 2 aromatic rings. The Morgan fingerprint density at radius 3 is 2.28 bits per heavy atom. The van der Waals surface area contributed by atoms with Gasteiger partial charge in [0.15, 0.2) is 5.17 Å². The van der Waals surface area contributed by atoms with E-state index in [2.05, 4.69) is 15.1 Å². The van der Waals surface area contributed by atoms with Gasteiger partial charge in [-0.2, -0.15) is 5.10 Å². The summed E-state index contributed by atoms with van der Waals surface area (Å²) in [6, 6.07) is 16.2. The highest BCUT2D eigenvalue weighted by Gasteiger charge is 2.25. The van der Waals surface area contributed by atoms with Crippen molar-refractivity contribution in [3.63, 3.8) is 0 Å². The van der Waals surface area contributed by atoms with E-state index in [1.807, 2.05) is 35.2 Å². The van der Waals surface area contributed by atoms with Gasteiger partial charge in [0.2, 0.25) is 5.91 Å². The molecule has 0 spiro atoms. The second-order valence-corrected chi connectivity index (χ2v) is 7.70. The number of amides is 1. The Hall–Kier alpha value is -2.38. The summed E-state index contributed by atoms with van der Waals surface area (Å²) in [4.78, 5) is 16.6. The molecule has 0 N–H and O–H groups in total. The van der Waals surface area contributed by atoms with Crippen molar-refractivity contribution < 1.29 is 9.18 Å². The number of hydrogen-bond donors (Lipinski definition) is 0. The summed E-state index contributed by atoms with van der Waals surface area (Å²) in [5, 5.41) is 9.74. The van der Waals surface area contributed by atoms with Gasteiger partial charge in [0.25, 0.3) is 0 Å². The summed E-state index contributed by atoms with van der Waals surface area (Å²) in [6.07, 6.45) is 0.306. The van der Waals surface area contributed by atoms with Crippen LogP contribution in [0.1, 0.15) is 11.1 Å². The SMILES string of the molecule is Cl.O=C(Cc1ccc(F)cc1)N1CCN(C2=NN=C(c3ccccc3)CS2)CC1. The van der Waals surface area contributed by atoms with Gasteiger partial charge in [-0.15, -0.1) is 17.5 Å². The van der Waals surface area contributed by atoms with Crippen LogP contribution in [0.15, 0.2) is 64.8 Å². The summed E-state index contributed by atoms with van der Waals surface area (Å²) >= 11 is 1.69. The highest BCUT2D eigenvalue weighted by Crippen LogP contribution is 2.19. The number of nitrogens with zero attached hydrogens (tertiary/aromatic N) is 4. The van der Waals surface area contributed by atoms with E-state index >= 15 is 0 Å². The zero-order chi connectivity index (χ0) is 19.3. The molecule has 2 heterocycles. The lowest BCUT2D eigenvalue weighted by atomic mass is 10.1. The van der Waals surface area contributed by atoms with Gasteiger partial charge in [-0.25, -0.2) is 4.39 Å². The van der Waals surface area contributed by atoms with E-state index in [0.29, 0.717) is 19.5 Å². The average Bonchev–Trinajstić information content (AvgIpc) is 2.76. The number of carbonyl (C=O) groups is 1. The molecule has 1 amide bonds. The Balaban J connectivity index is 0.00000240. The molecule has 0 radical (unpaired) electrons. The van der Waals surface area contributed by atoms with E-state index in [9.17, 15) is 9.18 Å². The minimum absolute atomic E-state index is 0. The van der Waals surface area contributed by atoms with Crippen molar-refractivity contribution >= 4 is 41.0 Å². The minimum atomic E-state index is -0.284. The van der Waals surface area contributed by atoms with Crippen molar-refractivity contribution in [2.45, 2.75) is 6.42 Å². The van der Waals surface area contributed by atoms with Crippen LogP contribution < -0.4 is 0 Å². The fraction of sp³-hybridized carbons (Fsp3) is 0.286. The molecule has 0 aliphatic carbocycles. The lowest BCUT2D eigenvalue weighted by molar-refractivity contribution is -0.131. The van der Waals surface area contributed by atoms with Crippen molar-refractivity contribution in [3.05, 3.63) is 71.5 Å². The average molecular weight is 433 g/mol. The van der Waals surface area contributed by atoms with Crippen LogP contribution in [0.5, 0.6) is 0 Å². The zero-order valence-electron chi connectivity index (χ0n) is 15.8. The number of halogens is 2. The van der Waals surface area contributed by atoms with Crippen LogP contribution in [0.4, 0.5) is 4.39 Å². The van der Waals surface area contributed by atoms with Crippen LogP contribution in [-0.4, -0.2) is 58.5 Å². The lowest BCUT2D eigenvalue weighted by Crippen LogP contribution is -2.50. The summed E-state index contributed by atoms with van der Waals surface area (Å²) in [6.45, 7) is 2.82. The first-order valence-corrected chi connectivity index (χ1v) is 10.3. The van der Waals surface area contributed by atoms with Crippen LogP contribution in [0.2, 0.25) is 0 Å². The summed E-state index contributed by atoms with van der Waals surface area (Å²) in [5.74, 6) is 0.592. The van der Waals surface area contributed by atoms with Crippen molar-refractivity contribution in [2.24, 2.45) is 10.2 Å². The molecular formula is C21H22ClFN4OS. The number of thioether (sulfide) groups is 1. The maximum Gasteiger partial charge on any atom is 0.227 e. The van der Waals surface area contributed by atoms with Gasteiger partial charge < -0.3 is 9.80 Å². The number of amidine groups is 1. The summed E-state index contributed by atoms with van der Waals surface area (Å²) < 4.78 is 13.0. The van der Waals surface area contributed by atoms with Crippen LogP contribution in [0, 0.1) is 5.82 Å². The predicted molar refractivity (Wildman–Crippen MR) is 118 cm³/mol. The third kappa shape index (κ3) is 5.36. The second kappa shape index (κ2) is 9.89. The third-order valence-corrected chi connectivity index (χ3v) is 5.89. The molecule has 0 aromatic heterocycles. The van der Waals surface area contributed by atoms with Crippen molar-refractivity contribution in [2.75, 3.05) is 31.9 Å². The smallest absolute Gasteiger partial charge is 0.227 e. The summed E-state index contributed by atoms with van der Waals surface area (Å²) in [7, 11) is 0. The third-order valence-electron chi connectivity index (χ3n) is 4.87. The fourth-order valence-corrected chi connectivity index (χ4v) is 4.21. The van der Waals surface area contributed by atoms with E-state index < -0.39 is 0 Å². The first-order valence-electron chi connectivity index (χ1n) is 9.29. The molecule has 0 saturated carbocycles. The quantitative estimate of drug-likeness (QED) is 0.746. The largest absolute Gasteiger partial charge is 0.346 e. The first kappa shape index (κ1) is 21.3. The van der Waals surface area contributed by atoms with Gasteiger partial charge in [0.1, 0.15) is 5.82 Å². The number of carbonyl (C=O) groups excluding carboxylic acids is 1. The molecule has 2 aliphatic heterocycles. The van der Waals surface area contributed by atoms with Gasteiger partial charge >= 0.3 is 0 Å². The molecule has 4 rings (SSSR count). The molecule has 29 heavy (non-hydrogen) atoms. The topological polar surface area (TPSA) is 48.3 Å². The van der Waals surface area contributed by atoms with Gasteiger partial charge in [-0.1, -0.05) is 54.2 Å². The lowest BCUT2D eigenvalue weighted by Gasteiger charge is -2.36. The molecular weight excluding hydrogens is 411 g/mol. The van der Waals surface area contributed by atoms with Crippen LogP contribution in [0.25, 0.3) is 0 Å². The second-order valence-electron chi connectivity index (χ2n) is 6.76. The molecule has 8 heteroatoms. The van der Waals surface area contributed by atoms with Gasteiger partial charge in [-0.3, -0.25) is 4.79 Å². The van der Waals surface area contributed by atoms with Gasteiger partial charge in [0.05, 0.1) is 12.1 Å². The Labute approximate surface area is 180 Å². The number of piperazine rings is 1. The molecule has 2 aliphatic rings. The zero-order valence-corrected chi connectivity index (χ0v) is 17.5. The Bertz CT molecular complexity index is 897. The maximum atomic E-state index is 13.0. The maximum absolute atomic E-state index is 13.0. The highest BCUT2D eigenvalue weighted by atomic mass is 35.5. The van der Waals surface area contributed by atoms with Crippen LogP contribution in [-0.2, 0) is 11.2 Å². The number of rotatable bonds is 3. The van der Waals surface area contributed by atoms with E-state index in [0.717, 1.165) is 40.8 Å².